The summed E-state index contributed by atoms with van der Waals surface area (Å²) in [5, 5.41) is 2.45. The minimum Gasteiger partial charge on any atom is -0.494 e. The summed E-state index contributed by atoms with van der Waals surface area (Å²) in [6.45, 7) is 8.59. The summed E-state index contributed by atoms with van der Waals surface area (Å²) in [5.74, 6) is 0.926. The fourth-order valence-electron chi connectivity index (χ4n) is 12.8. The molecule has 1 aliphatic rings. The summed E-state index contributed by atoms with van der Waals surface area (Å²) in [4.78, 5) is 2.46. The number of para-hydroxylation sites is 1. The Morgan fingerprint density at radius 1 is 0.378 bits per heavy atom. The van der Waals surface area contributed by atoms with Crippen molar-refractivity contribution in [2.45, 2.75) is 50.4 Å². The van der Waals surface area contributed by atoms with Gasteiger partial charge >= 0.3 is 0 Å². The Balaban J connectivity index is 0.846. The van der Waals surface area contributed by atoms with Gasteiger partial charge in [0.15, 0.2) is 0 Å². The minimum absolute atomic E-state index is 0.315. The molecule has 0 fully saturated rings. The third-order valence-corrected chi connectivity index (χ3v) is 16.9. The summed E-state index contributed by atoms with van der Waals surface area (Å²) in [6.07, 6.45) is 11.7. The first-order valence-electron chi connectivity index (χ1n) is 29.1. The van der Waals surface area contributed by atoms with Crippen LogP contribution in [0.25, 0.3) is 84.2 Å². The van der Waals surface area contributed by atoms with Crippen LogP contribution in [0.1, 0.15) is 72.8 Å². The van der Waals surface area contributed by atoms with Crippen molar-refractivity contribution in [3.05, 3.63) is 308 Å². The fourth-order valence-corrected chi connectivity index (χ4v) is 12.8. The number of nitrogens with zero attached hydrogens (tertiary/aromatic N) is 2. The van der Waals surface area contributed by atoms with Gasteiger partial charge in [-0.1, -0.05) is 239 Å². The zero-order valence-electron chi connectivity index (χ0n) is 46.4. The zero-order chi connectivity index (χ0) is 55.2. The predicted molar refractivity (Wildman–Crippen MR) is 348 cm³/mol. The third kappa shape index (κ3) is 10.0. The number of aromatic nitrogens is 1. The van der Waals surface area contributed by atoms with Gasteiger partial charge in [-0.25, -0.2) is 0 Å². The van der Waals surface area contributed by atoms with Gasteiger partial charge in [0.25, 0.3) is 0 Å². The van der Waals surface area contributed by atoms with Gasteiger partial charge in [0.1, 0.15) is 5.75 Å². The molecule has 0 radical (unpaired) electrons. The molecule has 1 heterocycles. The molecule has 3 nitrogen and oxygen atoms in total. The number of ether oxygens (including phenoxy) is 1. The van der Waals surface area contributed by atoms with Crippen LogP contribution in [-0.2, 0) is 5.41 Å². The summed E-state index contributed by atoms with van der Waals surface area (Å²) >= 11 is 0. The van der Waals surface area contributed by atoms with Crippen LogP contribution in [0.4, 0.5) is 17.1 Å². The molecule has 1 aliphatic carbocycles. The molecule has 398 valence electrons. The lowest BCUT2D eigenvalue weighted by atomic mass is 9.69. The molecule has 0 aliphatic heterocycles. The van der Waals surface area contributed by atoms with Gasteiger partial charge < -0.3 is 14.2 Å². The number of hydrogen-bond acceptors (Lipinski definition) is 2. The van der Waals surface area contributed by atoms with Crippen LogP contribution in [-0.4, -0.2) is 11.2 Å². The van der Waals surface area contributed by atoms with E-state index in [0.29, 0.717) is 0 Å². The van der Waals surface area contributed by atoms with E-state index in [2.05, 4.69) is 277 Å². The predicted octanol–water partition coefficient (Wildman–Crippen LogP) is 21.7. The summed E-state index contributed by atoms with van der Waals surface area (Å²) < 4.78 is 8.47. The van der Waals surface area contributed by atoms with Gasteiger partial charge in [-0.3, -0.25) is 0 Å². The van der Waals surface area contributed by atoms with Gasteiger partial charge in [-0.2, -0.15) is 0 Å². The van der Waals surface area contributed by atoms with E-state index in [1.165, 1.54) is 96.7 Å². The van der Waals surface area contributed by atoms with E-state index in [9.17, 15) is 0 Å². The molecule has 13 rings (SSSR count). The molecule has 1 atom stereocenters. The Morgan fingerprint density at radius 3 is 1.45 bits per heavy atom. The average Bonchev–Trinajstić information content (AvgIpc) is 2.71. The molecule has 0 N–H and O–H groups in total. The molecule has 0 bridgehead atoms. The molecule has 1 aromatic heterocycles. The molecule has 1 unspecified atom stereocenters. The molecule has 82 heavy (non-hydrogen) atoms. The second-order valence-corrected chi connectivity index (χ2v) is 21.8. The summed E-state index contributed by atoms with van der Waals surface area (Å²) in [6, 6.07) is 98.2. The van der Waals surface area contributed by atoms with Crippen molar-refractivity contribution in [3.63, 3.8) is 0 Å². The number of unbranched alkanes of at least 4 members (excludes halogenated alkanes) is 5. The molecule has 12 aromatic rings. The first-order valence-corrected chi connectivity index (χ1v) is 29.1. The zero-order valence-corrected chi connectivity index (χ0v) is 46.4. The van der Waals surface area contributed by atoms with Crippen molar-refractivity contribution in [2.75, 3.05) is 11.5 Å². The number of fused-ring (bicyclic) bond motifs is 6. The SMILES string of the molecule is C=Cc1ccc(OCCCCCCCCC2(c3ccccc3)c3ccccc3-c3ccc(N(c4ccc(-c5ccccc5)cc4)c4ccc(-c5ccc6c(c5)c5cc(-c7ccc(C=C)cc7)ccc5n6-c5ccccc5)cc4)cc32)cc1. The van der Waals surface area contributed by atoms with Crippen molar-refractivity contribution < 1.29 is 4.74 Å². The van der Waals surface area contributed by atoms with Gasteiger partial charge in [0.2, 0.25) is 0 Å². The van der Waals surface area contributed by atoms with Crippen LogP contribution in [0.5, 0.6) is 5.75 Å². The average molecular weight is 1060 g/mol. The van der Waals surface area contributed by atoms with Crippen LogP contribution in [0, 0.1) is 0 Å². The van der Waals surface area contributed by atoms with E-state index < -0.39 is 0 Å². The maximum Gasteiger partial charge on any atom is 0.119 e. The van der Waals surface area contributed by atoms with Crippen LogP contribution in [0.15, 0.2) is 280 Å². The molecule has 0 saturated heterocycles. The van der Waals surface area contributed by atoms with E-state index in [0.717, 1.165) is 77.5 Å². The van der Waals surface area contributed by atoms with Crippen molar-refractivity contribution in [3.8, 4) is 55.9 Å². The van der Waals surface area contributed by atoms with Crippen molar-refractivity contribution in [2.24, 2.45) is 0 Å². The minimum atomic E-state index is -0.315. The molecule has 0 amide bonds. The number of anilines is 3. The smallest absolute Gasteiger partial charge is 0.119 e. The fraction of sp³-hybridized carbons (Fsp3) is 0.114. The Labute approximate surface area is 483 Å². The van der Waals surface area contributed by atoms with E-state index in [-0.39, 0.29) is 5.41 Å². The Morgan fingerprint density at radius 2 is 0.841 bits per heavy atom. The number of benzene rings is 11. The highest BCUT2D eigenvalue weighted by molar-refractivity contribution is 6.11. The van der Waals surface area contributed by atoms with Gasteiger partial charge in [-0.05, 0) is 170 Å². The molecular formula is C79H66N2O. The van der Waals surface area contributed by atoms with Crippen molar-refractivity contribution >= 4 is 51.0 Å². The quantitative estimate of drug-likeness (QED) is 0.0708. The summed E-state index contributed by atoms with van der Waals surface area (Å²) in [5.41, 5.74) is 22.6. The topological polar surface area (TPSA) is 17.4 Å². The first-order chi connectivity index (χ1) is 40.6. The van der Waals surface area contributed by atoms with E-state index in [1.807, 2.05) is 24.3 Å². The largest absolute Gasteiger partial charge is 0.494 e. The van der Waals surface area contributed by atoms with Gasteiger partial charge in [0, 0.05) is 38.9 Å². The van der Waals surface area contributed by atoms with E-state index >= 15 is 0 Å². The highest BCUT2D eigenvalue weighted by Crippen LogP contribution is 2.56. The lowest BCUT2D eigenvalue weighted by molar-refractivity contribution is 0.304. The first kappa shape index (κ1) is 51.7. The van der Waals surface area contributed by atoms with Crippen LogP contribution in [0.2, 0.25) is 0 Å². The molecule has 0 saturated carbocycles. The normalized spacial score (nSPS) is 13.4. The number of rotatable bonds is 20. The Hall–Kier alpha value is -9.70. The van der Waals surface area contributed by atoms with Gasteiger partial charge in [-0.15, -0.1) is 0 Å². The molecule has 11 aromatic carbocycles. The highest BCUT2D eigenvalue weighted by atomic mass is 16.5. The summed E-state index contributed by atoms with van der Waals surface area (Å²) in [7, 11) is 0. The lowest BCUT2D eigenvalue weighted by Gasteiger charge is -2.34. The highest BCUT2D eigenvalue weighted by Gasteiger charge is 2.44. The Kier molecular flexibility index (Phi) is 14.6. The standard InChI is InChI=1S/C79H66N2O/c1-3-57-30-34-61(35-31-57)63-40-50-77-73(54-63)74-55-64(41-51-78(74)81(77)66-26-16-11-17-27-66)62-38-44-68(45-39-62)80(67-42-36-60(37-43-67)59-22-12-9-13-23-59)69-46-49-72-71-28-18-19-29-75(71)79(76(72)56-69,65-24-14-10-15-25-65)52-20-7-5-6-8-21-53-82-70-47-32-58(4-2)33-48-70/h3-4,9-19,22-51,54-56H,1-2,5-8,20-21,52-53H2. The second-order valence-electron chi connectivity index (χ2n) is 21.8. The molecule has 0 spiro atoms. The van der Waals surface area contributed by atoms with Crippen LogP contribution >= 0.6 is 0 Å². The number of hydrogen-bond donors (Lipinski definition) is 0. The van der Waals surface area contributed by atoms with Crippen molar-refractivity contribution in [1.29, 1.82) is 0 Å². The maximum atomic E-state index is 6.07. The molecular weight excluding hydrogens is 993 g/mol. The van der Waals surface area contributed by atoms with Crippen LogP contribution < -0.4 is 9.64 Å². The monoisotopic (exact) mass is 1060 g/mol. The lowest BCUT2D eigenvalue weighted by Crippen LogP contribution is -2.27. The van der Waals surface area contributed by atoms with E-state index in [1.54, 1.807) is 0 Å². The van der Waals surface area contributed by atoms with Gasteiger partial charge in [0.05, 0.1) is 17.6 Å². The van der Waals surface area contributed by atoms with Crippen LogP contribution in [0.3, 0.4) is 0 Å². The molecule has 3 heteroatoms. The van der Waals surface area contributed by atoms with E-state index in [4.69, 9.17) is 4.74 Å². The van der Waals surface area contributed by atoms with Crippen molar-refractivity contribution in [1.82, 2.24) is 4.57 Å². The third-order valence-electron chi connectivity index (χ3n) is 16.9. The second kappa shape index (κ2) is 23.2. The maximum absolute atomic E-state index is 6.07. The Bertz CT molecular complexity index is 4180.